The summed E-state index contributed by atoms with van der Waals surface area (Å²) in [6, 6.07) is 13.3. The Labute approximate surface area is 177 Å². The Morgan fingerprint density at radius 1 is 1.00 bits per heavy atom. The number of para-hydroxylation sites is 1. The van der Waals surface area contributed by atoms with Crippen molar-refractivity contribution in [2.75, 3.05) is 17.0 Å². The minimum absolute atomic E-state index is 0.236. The maximum atomic E-state index is 12.7. The molecule has 0 saturated carbocycles. The standard InChI is InChI=1S/C19H17N5O4S2/c1-23-12-20-21-19(23)29-16-9-5-4-8-15(16)22-30(27,28)11-10-24-17(25)13-6-2-3-7-14(13)18(24)26/h2-9,12,22H,10-11H2,1H3. The Bertz CT molecular complexity index is 1200. The number of imide groups is 1. The molecule has 9 nitrogen and oxygen atoms in total. The predicted octanol–water partition coefficient (Wildman–Crippen LogP) is 2.00. The third-order valence-corrected chi connectivity index (χ3v) is 6.86. The first-order valence-corrected chi connectivity index (χ1v) is 11.4. The predicted molar refractivity (Wildman–Crippen MR) is 111 cm³/mol. The molecule has 154 valence electrons. The summed E-state index contributed by atoms with van der Waals surface area (Å²) in [6.45, 7) is -0.236. The molecule has 1 N–H and O–H groups in total. The number of hydrogen-bond donors (Lipinski definition) is 1. The van der Waals surface area contributed by atoms with E-state index >= 15 is 0 Å². The van der Waals surface area contributed by atoms with Crippen LogP contribution in [-0.4, -0.2) is 52.2 Å². The van der Waals surface area contributed by atoms with Gasteiger partial charge in [0.15, 0.2) is 5.16 Å². The molecule has 0 bridgehead atoms. The van der Waals surface area contributed by atoms with Gasteiger partial charge in [0.25, 0.3) is 11.8 Å². The number of fused-ring (bicyclic) bond motifs is 1. The lowest BCUT2D eigenvalue weighted by atomic mass is 10.1. The maximum absolute atomic E-state index is 12.7. The number of benzene rings is 2. The molecule has 2 amide bonds. The molecule has 0 atom stereocenters. The zero-order valence-electron chi connectivity index (χ0n) is 15.8. The van der Waals surface area contributed by atoms with Gasteiger partial charge in [-0.1, -0.05) is 24.3 Å². The van der Waals surface area contributed by atoms with E-state index in [1.165, 1.54) is 11.8 Å². The van der Waals surface area contributed by atoms with Gasteiger partial charge >= 0.3 is 0 Å². The first-order valence-electron chi connectivity index (χ1n) is 8.92. The molecule has 0 spiro atoms. The van der Waals surface area contributed by atoms with Crippen molar-refractivity contribution >= 4 is 39.3 Å². The third-order valence-electron chi connectivity index (χ3n) is 4.49. The van der Waals surface area contributed by atoms with Gasteiger partial charge in [-0.15, -0.1) is 10.2 Å². The number of nitrogens with one attached hydrogen (secondary N) is 1. The highest BCUT2D eigenvalue weighted by atomic mass is 32.2. The second kappa shape index (κ2) is 7.92. The molecule has 4 rings (SSSR count). The van der Waals surface area contributed by atoms with E-state index < -0.39 is 27.6 Å². The zero-order chi connectivity index (χ0) is 21.3. The van der Waals surface area contributed by atoms with Crippen molar-refractivity contribution in [1.82, 2.24) is 19.7 Å². The fourth-order valence-electron chi connectivity index (χ4n) is 2.98. The number of aryl methyl sites for hydroxylation is 1. The summed E-state index contributed by atoms with van der Waals surface area (Å²) in [7, 11) is -2.03. The SMILES string of the molecule is Cn1cnnc1Sc1ccccc1NS(=O)(=O)CCN1C(=O)c2ccccc2C1=O. The minimum atomic E-state index is -3.82. The molecule has 0 fully saturated rings. The average molecular weight is 444 g/mol. The fraction of sp³-hybridized carbons (Fsp3) is 0.158. The van der Waals surface area contributed by atoms with E-state index in [1.807, 2.05) is 0 Å². The highest BCUT2D eigenvalue weighted by Crippen LogP contribution is 2.32. The minimum Gasteiger partial charge on any atom is -0.311 e. The number of sulfonamides is 1. The number of rotatable bonds is 7. The summed E-state index contributed by atoms with van der Waals surface area (Å²) in [5, 5.41) is 8.41. The van der Waals surface area contributed by atoms with E-state index in [-0.39, 0.29) is 6.54 Å². The highest BCUT2D eigenvalue weighted by Gasteiger charge is 2.35. The average Bonchev–Trinajstić information content (AvgIpc) is 3.23. The fourth-order valence-corrected chi connectivity index (χ4v) is 4.93. The van der Waals surface area contributed by atoms with Crippen molar-refractivity contribution in [2.24, 2.45) is 7.05 Å². The number of anilines is 1. The van der Waals surface area contributed by atoms with E-state index in [0.717, 1.165) is 4.90 Å². The Balaban J connectivity index is 1.47. The summed E-state index contributed by atoms with van der Waals surface area (Å²) in [6.07, 6.45) is 1.55. The lowest BCUT2D eigenvalue weighted by Gasteiger charge is -2.16. The topological polar surface area (TPSA) is 114 Å². The van der Waals surface area contributed by atoms with E-state index in [2.05, 4.69) is 14.9 Å². The van der Waals surface area contributed by atoms with Gasteiger partial charge in [0.05, 0.1) is 22.6 Å². The van der Waals surface area contributed by atoms with Crippen LogP contribution < -0.4 is 4.72 Å². The molecule has 2 heterocycles. The van der Waals surface area contributed by atoms with Crippen LogP contribution in [0.5, 0.6) is 0 Å². The van der Waals surface area contributed by atoms with Gasteiger partial charge in [0.2, 0.25) is 10.0 Å². The number of carbonyl (C=O) groups is 2. The molecule has 11 heteroatoms. The van der Waals surface area contributed by atoms with Crippen LogP contribution in [0, 0.1) is 0 Å². The first-order chi connectivity index (χ1) is 14.4. The quantitative estimate of drug-likeness (QED) is 0.556. The second-order valence-corrected chi connectivity index (χ2v) is 9.40. The van der Waals surface area contributed by atoms with E-state index in [0.29, 0.717) is 26.9 Å². The highest BCUT2D eigenvalue weighted by molar-refractivity contribution is 7.99. The molecule has 1 aromatic heterocycles. The van der Waals surface area contributed by atoms with Gasteiger partial charge in [-0.2, -0.15) is 0 Å². The van der Waals surface area contributed by atoms with Crippen LogP contribution in [0.2, 0.25) is 0 Å². The van der Waals surface area contributed by atoms with Gasteiger partial charge in [-0.3, -0.25) is 19.2 Å². The maximum Gasteiger partial charge on any atom is 0.261 e. The van der Waals surface area contributed by atoms with Crippen molar-refractivity contribution in [3.8, 4) is 0 Å². The van der Waals surface area contributed by atoms with Crippen LogP contribution in [0.1, 0.15) is 20.7 Å². The van der Waals surface area contributed by atoms with Crippen molar-refractivity contribution in [1.29, 1.82) is 0 Å². The van der Waals surface area contributed by atoms with Crippen molar-refractivity contribution in [2.45, 2.75) is 10.1 Å². The first kappa shape index (κ1) is 20.1. The Kier molecular flexibility index (Phi) is 5.31. The summed E-state index contributed by atoms with van der Waals surface area (Å²) in [5.74, 6) is -1.38. The summed E-state index contributed by atoms with van der Waals surface area (Å²) >= 11 is 1.27. The molecule has 0 radical (unpaired) electrons. The van der Waals surface area contributed by atoms with Gasteiger partial charge < -0.3 is 4.57 Å². The Morgan fingerprint density at radius 2 is 1.63 bits per heavy atom. The number of nitrogens with zero attached hydrogens (tertiary/aromatic N) is 4. The van der Waals surface area contributed by atoms with E-state index in [4.69, 9.17) is 0 Å². The molecule has 1 aliphatic heterocycles. The number of hydrogen-bond acceptors (Lipinski definition) is 7. The van der Waals surface area contributed by atoms with Crippen molar-refractivity contribution < 1.29 is 18.0 Å². The Morgan fingerprint density at radius 3 is 2.27 bits per heavy atom. The number of aromatic nitrogens is 3. The largest absolute Gasteiger partial charge is 0.311 e. The molecular weight excluding hydrogens is 426 g/mol. The molecule has 1 aliphatic rings. The van der Waals surface area contributed by atoms with Crippen LogP contribution >= 0.6 is 11.8 Å². The van der Waals surface area contributed by atoms with Crippen molar-refractivity contribution in [3.63, 3.8) is 0 Å². The molecule has 2 aromatic carbocycles. The lowest BCUT2D eigenvalue weighted by Crippen LogP contribution is -2.35. The van der Waals surface area contributed by atoms with Gasteiger partial charge in [-0.05, 0) is 36.0 Å². The normalized spacial score (nSPS) is 13.6. The van der Waals surface area contributed by atoms with E-state index in [1.54, 1.807) is 66.5 Å². The molecule has 0 aliphatic carbocycles. The summed E-state index contributed by atoms with van der Waals surface area (Å²) in [5.41, 5.74) is 0.962. The van der Waals surface area contributed by atoms with Gasteiger partial charge in [0, 0.05) is 18.5 Å². The second-order valence-electron chi connectivity index (χ2n) is 6.55. The monoisotopic (exact) mass is 443 g/mol. The lowest BCUT2D eigenvalue weighted by molar-refractivity contribution is 0.0664. The summed E-state index contributed by atoms with van der Waals surface area (Å²) in [4.78, 5) is 26.4. The smallest absolute Gasteiger partial charge is 0.261 e. The molecule has 0 unspecified atom stereocenters. The molecule has 0 saturated heterocycles. The van der Waals surface area contributed by atoms with Gasteiger partial charge in [-0.25, -0.2) is 8.42 Å². The molecular formula is C19H17N5O4S2. The van der Waals surface area contributed by atoms with Gasteiger partial charge in [0.1, 0.15) is 6.33 Å². The zero-order valence-corrected chi connectivity index (χ0v) is 17.5. The molecule has 3 aromatic rings. The number of carbonyl (C=O) groups excluding carboxylic acids is 2. The van der Waals surface area contributed by atoms with Crippen molar-refractivity contribution in [3.05, 3.63) is 66.0 Å². The number of amides is 2. The summed E-state index contributed by atoms with van der Waals surface area (Å²) < 4.78 is 29.6. The van der Waals surface area contributed by atoms with E-state index in [9.17, 15) is 18.0 Å². The Hall–Kier alpha value is -3.18. The van der Waals surface area contributed by atoms with Crippen LogP contribution in [-0.2, 0) is 17.1 Å². The van der Waals surface area contributed by atoms with Crippen LogP contribution in [0.25, 0.3) is 0 Å². The van der Waals surface area contributed by atoms with Crippen LogP contribution in [0.4, 0.5) is 5.69 Å². The van der Waals surface area contributed by atoms with Crippen LogP contribution in [0.15, 0.2) is 64.9 Å². The third kappa shape index (κ3) is 3.94. The molecule has 30 heavy (non-hydrogen) atoms. The van der Waals surface area contributed by atoms with Crippen LogP contribution in [0.3, 0.4) is 0 Å².